The second-order valence-electron chi connectivity index (χ2n) is 8.29. The van der Waals surface area contributed by atoms with Crippen LogP contribution in [0, 0.1) is 0 Å². The summed E-state index contributed by atoms with van der Waals surface area (Å²) in [5.74, 6) is -1.46. The topological polar surface area (TPSA) is 169 Å². The molecule has 1 fully saturated rings. The van der Waals surface area contributed by atoms with Gasteiger partial charge in [0.2, 0.25) is 6.29 Å². The number of nitrogens with zero attached hydrogens (tertiary/aromatic N) is 3. The fourth-order valence-corrected chi connectivity index (χ4v) is 3.90. The highest BCUT2D eigenvalue weighted by atomic mass is 31.1. The van der Waals surface area contributed by atoms with Gasteiger partial charge in [-0.2, -0.15) is 0 Å². The molecule has 0 bridgehead atoms. The molecular formula is C16H28N3O9PSi. The lowest BCUT2D eigenvalue weighted by atomic mass is 9.97. The van der Waals surface area contributed by atoms with Crippen molar-refractivity contribution in [2.45, 2.75) is 83.4 Å². The summed E-state index contributed by atoms with van der Waals surface area (Å²) in [6, 6.07) is -1.42. The van der Waals surface area contributed by atoms with Crippen LogP contribution in [0.25, 0.3) is 10.4 Å². The second kappa shape index (κ2) is 10.6. The van der Waals surface area contributed by atoms with Crippen molar-refractivity contribution in [1.82, 2.24) is 0 Å². The lowest BCUT2D eigenvalue weighted by Crippen LogP contribution is -2.61. The van der Waals surface area contributed by atoms with E-state index in [2.05, 4.69) is 10.0 Å². The van der Waals surface area contributed by atoms with Crippen LogP contribution < -0.4 is 4.89 Å². The fourth-order valence-electron chi connectivity index (χ4n) is 2.55. The van der Waals surface area contributed by atoms with Gasteiger partial charge < -0.3 is 23.5 Å². The summed E-state index contributed by atoms with van der Waals surface area (Å²) < 4.78 is 38.2. The van der Waals surface area contributed by atoms with Gasteiger partial charge in [-0.3, -0.25) is 9.59 Å². The van der Waals surface area contributed by atoms with E-state index >= 15 is 0 Å². The van der Waals surface area contributed by atoms with Crippen LogP contribution in [0.3, 0.4) is 0 Å². The smallest absolute Gasteiger partial charge is 0.491 e. The molecule has 0 N–H and O–H groups in total. The number of esters is 2. The molecule has 1 aliphatic rings. The number of hydrogen-bond acceptors (Lipinski definition) is 10. The van der Waals surface area contributed by atoms with Crippen molar-refractivity contribution >= 4 is 28.5 Å². The van der Waals surface area contributed by atoms with Gasteiger partial charge in [0.1, 0.15) is 12.1 Å². The van der Waals surface area contributed by atoms with Crippen LogP contribution in [0.4, 0.5) is 0 Å². The molecule has 1 aliphatic heterocycles. The summed E-state index contributed by atoms with van der Waals surface area (Å²) in [5, 5.41) is 3.31. The van der Waals surface area contributed by atoms with E-state index in [0.29, 0.717) is 0 Å². The molecule has 30 heavy (non-hydrogen) atoms. The van der Waals surface area contributed by atoms with Gasteiger partial charge in [0, 0.05) is 18.8 Å². The highest BCUT2D eigenvalue weighted by Crippen LogP contribution is 2.38. The van der Waals surface area contributed by atoms with Gasteiger partial charge in [-0.15, -0.1) is 4.52 Å². The molecule has 170 valence electrons. The lowest BCUT2D eigenvalue weighted by Gasteiger charge is -2.43. The highest BCUT2D eigenvalue weighted by molar-refractivity contribution is 7.30. The van der Waals surface area contributed by atoms with Crippen LogP contribution >= 0.6 is 8.25 Å². The number of carbonyl (C=O) groups excluding carboxylic acids is 2. The second-order valence-corrected chi connectivity index (χ2v) is 13.8. The Hall–Kier alpha value is -1.59. The molecule has 1 saturated heterocycles. The quantitative estimate of drug-likeness (QED) is 0.130. The Kier molecular flexibility index (Phi) is 9.37. The third-order valence-electron chi connectivity index (χ3n) is 5.01. The van der Waals surface area contributed by atoms with Crippen molar-refractivity contribution in [3.63, 3.8) is 0 Å². The van der Waals surface area contributed by atoms with Crippen LogP contribution in [0.1, 0.15) is 34.6 Å². The van der Waals surface area contributed by atoms with Crippen molar-refractivity contribution in [3.05, 3.63) is 10.4 Å². The minimum atomic E-state index is -3.39. The van der Waals surface area contributed by atoms with Crippen LogP contribution in [0.2, 0.25) is 18.1 Å². The average Bonchev–Trinajstić information content (AvgIpc) is 2.56. The number of azide groups is 1. The zero-order valence-electron chi connectivity index (χ0n) is 18.1. The first-order chi connectivity index (χ1) is 13.7. The molecule has 6 atom stereocenters. The van der Waals surface area contributed by atoms with E-state index in [-0.39, 0.29) is 11.6 Å². The Morgan fingerprint density at radius 2 is 1.73 bits per heavy atom. The molecule has 0 aromatic carbocycles. The van der Waals surface area contributed by atoms with Gasteiger partial charge in [-0.25, -0.2) is 0 Å². The van der Waals surface area contributed by atoms with Crippen molar-refractivity contribution in [2.24, 2.45) is 5.11 Å². The summed E-state index contributed by atoms with van der Waals surface area (Å²) in [6.45, 7) is 12.2. The van der Waals surface area contributed by atoms with E-state index in [1.54, 1.807) is 0 Å². The van der Waals surface area contributed by atoms with E-state index in [4.69, 9.17) is 28.7 Å². The first-order valence-corrected chi connectivity index (χ1v) is 13.2. The summed E-state index contributed by atoms with van der Waals surface area (Å²) in [7, 11) is -5.66. The summed E-state index contributed by atoms with van der Waals surface area (Å²) in [6.07, 6.45) is -5.19. The standard InChI is InChI=1S/C16H28N3O9PSi/c1-9(20)25-13-11(8-24-30(6,7)16(3,4)5)27-15(28-29(22)23)12(18-19-17)14(13)26-10(2)21/h11-15H,8H2,1-7H3/t11?,12?,13-,14-,15-/m1/s1. The molecule has 1 rings (SSSR count). The Bertz CT molecular complexity index is 709. The van der Waals surface area contributed by atoms with Crippen molar-refractivity contribution in [1.29, 1.82) is 0 Å². The molecule has 0 radical (unpaired) electrons. The van der Waals surface area contributed by atoms with Crippen molar-refractivity contribution in [3.8, 4) is 0 Å². The van der Waals surface area contributed by atoms with Crippen molar-refractivity contribution < 1.29 is 42.2 Å². The first-order valence-electron chi connectivity index (χ1n) is 9.19. The maximum absolute atomic E-state index is 11.7. The normalized spacial score (nSPS) is 27.6. The maximum atomic E-state index is 11.7. The fraction of sp³-hybridized carbons (Fsp3) is 0.875. The molecule has 0 saturated carbocycles. The van der Waals surface area contributed by atoms with E-state index in [0.717, 1.165) is 13.8 Å². The van der Waals surface area contributed by atoms with Gasteiger partial charge in [-0.1, -0.05) is 25.9 Å². The molecular weight excluding hydrogens is 437 g/mol. The Labute approximate surface area is 176 Å². The Balaban J connectivity index is 3.33. The van der Waals surface area contributed by atoms with E-state index in [1.807, 2.05) is 33.9 Å². The number of hydrogen-bond donors (Lipinski definition) is 0. The molecule has 0 aromatic rings. The Morgan fingerprint density at radius 1 is 1.20 bits per heavy atom. The lowest BCUT2D eigenvalue weighted by molar-refractivity contribution is -0.266. The molecule has 14 heteroatoms. The predicted molar refractivity (Wildman–Crippen MR) is 105 cm³/mol. The number of rotatable bonds is 8. The minimum absolute atomic E-state index is 0.0926. The monoisotopic (exact) mass is 465 g/mol. The molecule has 0 spiro atoms. The van der Waals surface area contributed by atoms with Gasteiger partial charge in [0.05, 0.1) is 6.61 Å². The summed E-state index contributed by atoms with van der Waals surface area (Å²) >= 11 is 0. The average molecular weight is 465 g/mol. The van der Waals surface area contributed by atoms with Crippen LogP contribution in [0.5, 0.6) is 0 Å². The van der Waals surface area contributed by atoms with E-state index < -0.39 is 59.2 Å². The molecule has 12 nitrogen and oxygen atoms in total. The van der Waals surface area contributed by atoms with Crippen molar-refractivity contribution in [2.75, 3.05) is 6.61 Å². The van der Waals surface area contributed by atoms with Gasteiger partial charge >= 0.3 is 20.2 Å². The van der Waals surface area contributed by atoms with Crippen LogP contribution in [0.15, 0.2) is 5.11 Å². The summed E-state index contributed by atoms with van der Waals surface area (Å²) in [5.41, 5.74) is 8.88. The van der Waals surface area contributed by atoms with Crippen LogP contribution in [-0.4, -0.2) is 57.5 Å². The SMILES string of the molecule is CC(=O)O[C@@H]1C(CO[Si](C)(C)C(C)(C)C)O[C@H](O[P+](=O)[O-])C(N=[N+]=[N-])[C@H]1OC(C)=O. The third-order valence-corrected chi connectivity index (χ3v) is 9.89. The molecule has 0 aromatic heterocycles. The first kappa shape index (κ1) is 26.4. The van der Waals surface area contributed by atoms with E-state index in [9.17, 15) is 19.0 Å². The molecule has 3 unspecified atom stereocenters. The number of carbonyl (C=O) groups is 2. The molecule has 0 amide bonds. The molecule has 1 heterocycles. The largest absolute Gasteiger partial charge is 0.566 e. The van der Waals surface area contributed by atoms with Gasteiger partial charge in [0.25, 0.3) is 0 Å². The predicted octanol–water partition coefficient (Wildman–Crippen LogP) is 2.31. The van der Waals surface area contributed by atoms with Gasteiger partial charge in [-0.05, 0) is 28.2 Å². The van der Waals surface area contributed by atoms with Crippen LogP contribution in [-0.2, 0) is 37.3 Å². The minimum Gasteiger partial charge on any atom is -0.566 e. The van der Waals surface area contributed by atoms with Gasteiger partial charge in [0.15, 0.2) is 20.5 Å². The number of ether oxygens (including phenoxy) is 3. The van der Waals surface area contributed by atoms with E-state index in [1.165, 1.54) is 0 Å². The molecule has 0 aliphatic carbocycles. The highest BCUT2D eigenvalue weighted by Gasteiger charge is 2.52. The Morgan fingerprint density at radius 3 is 2.17 bits per heavy atom. The summed E-state index contributed by atoms with van der Waals surface area (Å²) in [4.78, 5) is 37.1. The maximum Gasteiger partial charge on any atom is 0.491 e. The zero-order valence-corrected chi connectivity index (χ0v) is 20.0. The third kappa shape index (κ3) is 7.27. The zero-order chi connectivity index (χ0) is 23.3.